The summed E-state index contributed by atoms with van der Waals surface area (Å²) in [5, 5.41) is 20.2. The molecule has 3 amide bonds. The minimum atomic E-state index is -1.08. The van der Waals surface area contributed by atoms with Crippen molar-refractivity contribution in [1.82, 2.24) is 20.9 Å². The molecule has 0 aliphatic heterocycles. The van der Waals surface area contributed by atoms with E-state index in [0.29, 0.717) is 24.3 Å². The third-order valence-corrected chi connectivity index (χ3v) is 7.71. The van der Waals surface area contributed by atoms with Gasteiger partial charge in [0.25, 0.3) is 0 Å². The second-order valence-corrected chi connectivity index (χ2v) is 12.0. The quantitative estimate of drug-likeness (QED) is 0.128. The fourth-order valence-electron chi connectivity index (χ4n) is 5.23. The Morgan fingerprint density at radius 2 is 1.42 bits per heavy atom. The van der Waals surface area contributed by atoms with Crippen LogP contribution in [0, 0.1) is 12.8 Å². The summed E-state index contributed by atoms with van der Waals surface area (Å²) < 4.78 is 16.0. The van der Waals surface area contributed by atoms with Gasteiger partial charge in [-0.05, 0) is 67.5 Å². The molecule has 2 heterocycles. The van der Waals surface area contributed by atoms with Gasteiger partial charge < -0.3 is 34.9 Å². The lowest BCUT2D eigenvalue weighted by atomic mass is 9.93. The summed E-state index contributed by atoms with van der Waals surface area (Å²) in [4.78, 5) is 43.6. The molecule has 48 heavy (non-hydrogen) atoms. The predicted octanol–water partition coefficient (Wildman–Crippen LogP) is 5.25. The summed E-state index contributed by atoms with van der Waals surface area (Å²) in [6, 6.07) is 25.6. The van der Waals surface area contributed by atoms with Crippen LogP contribution in [0.2, 0.25) is 0 Å². The molecule has 11 heteroatoms. The minimum absolute atomic E-state index is 0.0420. The fourth-order valence-corrected chi connectivity index (χ4v) is 5.23. The average Bonchev–Trinajstić information content (AvgIpc) is 3.60. The SMILES string of the molecule is Cc1cccc(COC(=O)N[C@H](C(=O)N[C@@H](Cc2ccccc2)[C@@H](O)C[C@@H](Cc2ccccc2)NC(=O)OCc2ccco2)C(C)C)n1. The van der Waals surface area contributed by atoms with Crippen molar-refractivity contribution in [2.75, 3.05) is 0 Å². The van der Waals surface area contributed by atoms with Crippen LogP contribution in [0.1, 0.15) is 48.5 Å². The zero-order chi connectivity index (χ0) is 34.3. The van der Waals surface area contributed by atoms with Gasteiger partial charge in [-0.25, -0.2) is 9.59 Å². The number of alkyl carbamates (subject to hydrolysis) is 2. The van der Waals surface area contributed by atoms with Crippen LogP contribution in [0.15, 0.2) is 102 Å². The van der Waals surface area contributed by atoms with Crippen molar-refractivity contribution in [3.63, 3.8) is 0 Å². The highest BCUT2D eigenvalue weighted by Gasteiger charge is 2.31. The zero-order valence-corrected chi connectivity index (χ0v) is 27.5. The van der Waals surface area contributed by atoms with Crippen molar-refractivity contribution in [2.45, 2.75) is 77.5 Å². The summed E-state index contributed by atoms with van der Waals surface area (Å²) in [5.74, 6) is -0.263. The van der Waals surface area contributed by atoms with Crippen LogP contribution in [-0.4, -0.2) is 52.4 Å². The monoisotopic (exact) mass is 656 g/mol. The van der Waals surface area contributed by atoms with Crippen LogP contribution in [0.5, 0.6) is 0 Å². The normalized spacial score (nSPS) is 13.5. The molecule has 0 saturated heterocycles. The van der Waals surface area contributed by atoms with E-state index < -0.39 is 42.3 Å². The number of aryl methyl sites for hydroxylation is 1. The number of pyridine rings is 1. The molecule has 0 bridgehead atoms. The van der Waals surface area contributed by atoms with Gasteiger partial charge >= 0.3 is 12.2 Å². The first kappa shape index (κ1) is 35.7. The van der Waals surface area contributed by atoms with Crippen molar-refractivity contribution >= 4 is 18.1 Å². The Morgan fingerprint density at radius 1 is 0.771 bits per heavy atom. The van der Waals surface area contributed by atoms with Gasteiger partial charge in [0.2, 0.25) is 5.91 Å². The highest BCUT2D eigenvalue weighted by atomic mass is 16.6. The molecule has 4 atom stereocenters. The summed E-state index contributed by atoms with van der Waals surface area (Å²) in [7, 11) is 0. The summed E-state index contributed by atoms with van der Waals surface area (Å²) in [6.07, 6.45) is -0.175. The van der Waals surface area contributed by atoms with Gasteiger partial charge in [-0.2, -0.15) is 0 Å². The number of hydrogen-bond donors (Lipinski definition) is 4. The van der Waals surface area contributed by atoms with Crippen molar-refractivity contribution < 1.29 is 33.4 Å². The lowest BCUT2D eigenvalue weighted by Crippen LogP contribution is -2.56. The number of nitrogens with one attached hydrogen (secondary N) is 3. The van der Waals surface area contributed by atoms with E-state index in [1.807, 2.05) is 93.6 Å². The second kappa shape index (κ2) is 18.2. The summed E-state index contributed by atoms with van der Waals surface area (Å²) in [5.41, 5.74) is 3.23. The van der Waals surface area contributed by atoms with Gasteiger partial charge in [-0.3, -0.25) is 9.78 Å². The molecule has 0 spiro atoms. The molecular formula is C37H44N4O7. The Hall–Kier alpha value is -5.16. The third-order valence-electron chi connectivity index (χ3n) is 7.71. The maximum atomic E-state index is 13.7. The molecule has 0 fully saturated rings. The Balaban J connectivity index is 1.45. The first-order valence-electron chi connectivity index (χ1n) is 16.0. The minimum Gasteiger partial charge on any atom is -0.466 e. The molecule has 11 nitrogen and oxygen atoms in total. The first-order valence-corrected chi connectivity index (χ1v) is 16.0. The van der Waals surface area contributed by atoms with Crippen LogP contribution in [0.25, 0.3) is 0 Å². The van der Waals surface area contributed by atoms with E-state index in [0.717, 1.165) is 16.8 Å². The lowest BCUT2D eigenvalue weighted by molar-refractivity contribution is -0.125. The number of amides is 3. The van der Waals surface area contributed by atoms with Crippen LogP contribution in [0.3, 0.4) is 0 Å². The number of furan rings is 1. The Kier molecular flexibility index (Phi) is 13.6. The number of hydrogen-bond acceptors (Lipinski definition) is 8. The van der Waals surface area contributed by atoms with E-state index in [-0.39, 0.29) is 25.6 Å². The van der Waals surface area contributed by atoms with Gasteiger partial charge in [0.05, 0.1) is 24.1 Å². The molecule has 4 N–H and O–H groups in total. The number of ether oxygens (including phenoxy) is 2. The number of carbonyl (C=O) groups is 3. The van der Waals surface area contributed by atoms with Crippen molar-refractivity contribution in [3.8, 4) is 0 Å². The average molecular weight is 657 g/mol. The second-order valence-electron chi connectivity index (χ2n) is 12.0. The maximum Gasteiger partial charge on any atom is 0.408 e. The van der Waals surface area contributed by atoms with Gasteiger partial charge in [0.1, 0.15) is 18.4 Å². The first-order chi connectivity index (χ1) is 23.2. The Bertz CT molecular complexity index is 1570. The van der Waals surface area contributed by atoms with Gasteiger partial charge in [-0.1, -0.05) is 80.6 Å². The van der Waals surface area contributed by atoms with Crippen LogP contribution >= 0.6 is 0 Å². The largest absolute Gasteiger partial charge is 0.466 e. The molecule has 0 unspecified atom stereocenters. The molecule has 254 valence electrons. The zero-order valence-electron chi connectivity index (χ0n) is 27.5. The lowest BCUT2D eigenvalue weighted by Gasteiger charge is -2.30. The fraction of sp³-hybridized carbons (Fsp3) is 0.351. The standard InChI is InChI=1S/C37H44N4O7/c1-25(2)34(41-37(45)47-23-29-17-10-12-26(3)38-29)35(43)40-32(21-28-15-8-5-9-16-28)33(42)22-30(20-27-13-6-4-7-14-27)39-36(44)48-24-31-18-11-19-46-31/h4-19,25,30,32-34,42H,20-24H2,1-3H3,(H,39,44)(H,40,43)(H,41,45)/t30-,32+,33+,34+/m1/s1. The molecular weight excluding hydrogens is 612 g/mol. The van der Waals surface area contributed by atoms with Crippen LogP contribution in [0.4, 0.5) is 9.59 Å². The number of aliphatic hydroxyl groups is 1. The number of nitrogens with zero attached hydrogens (tertiary/aromatic N) is 1. The number of aliphatic hydroxyl groups excluding tert-OH is 1. The van der Waals surface area contributed by atoms with Crippen molar-refractivity contribution in [2.24, 2.45) is 5.92 Å². The van der Waals surface area contributed by atoms with Crippen LogP contribution < -0.4 is 16.0 Å². The molecule has 4 aromatic rings. The molecule has 0 saturated carbocycles. The van der Waals surface area contributed by atoms with Crippen molar-refractivity contribution in [1.29, 1.82) is 0 Å². The summed E-state index contributed by atoms with van der Waals surface area (Å²) in [6.45, 7) is 5.37. The van der Waals surface area contributed by atoms with Gasteiger partial charge in [-0.15, -0.1) is 0 Å². The molecule has 2 aromatic carbocycles. The van der Waals surface area contributed by atoms with E-state index in [1.165, 1.54) is 6.26 Å². The molecule has 0 aliphatic carbocycles. The highest BCUT2D eigenvalue weighted by Crippen LogP contribution is 2.16. The van der Waals surface area contributed by atoms with Crippen molar-refractivity contribution in [3.05, 3.63) is 126 Å². The smallest absolute Gasteiger partial charge is 0.408 e. The van der Waals surface area contributed by atoms with Crippen LogP contribution in [-0.2, 0) is 40.3 Å². The van der Waals surface area contributed by atoms with Gasteiger partial charge in [0.15, 0.2) is 6.61 Å². The Morgan fingerprint density at radius 3 is 2.04 bits per heavy atom. The molecule has 4 rings (SSSR count). The van der Waals surface area contributed by atoms with E-state index in [1.54, 1.807) is 18.2 Å². The van der Waals surface area contributed by atoms with E-state index in [9.17, 15) is 19.5 Å². The number of benzene rings is 2. The third kappa shape index (κ3) is 11.9. The van der Waals surface area contributed by atoms with Gasteiger partial charge in [0, 0.05) is 11.7 Å². The Labute approximate surface area is 281 Å². The molecule has 0 aliphatic rings. The number of rotatable bonds is 16. The number of carbonyl (C=O) groups excluding carboxylic acids is 3. The molecule has 2 aromatic heterocycles. The number of aromatic nitrogens is 1. The maximum absolute atomic E-state index is 13.7. The van der Waals surface area contributed by atoms with E-state index in [2.05, 4.69) is 20.9 Å². The summed E-state index contributed by atoms with van der Waals surface area (Å²) >= 11 is 0. The predicted molar refractivity (Wildman–Crippen MR) is 180 cm³/mol. The van der Waals surface area contributed by atoms with E-state index >= 15 is 0 Å². The molecule has 0 radical (unpaired) electrons. The van der Waals surface area contributed by atoms with E-state index in [4.69, 9.17) is 13.9 Å². The highest BCUT2D eigenvalue weighted by molar-refractivity contribution is 5.86. The topological polar surface area (TPSA) is 152 Å².